The third kappa shape index (κ3) is 2.95. The molecule has 22 heavy (non-hydrogen) atoms. The van der Waals surface area contributed by atoms with Gasteiger partial charge in [0.25, 0.3) is 5.91 Å². The van der Waals surface area contributed by atoms with Crippen molar-refractivity contribution in [3.05, 3.63) is 36.2 Å². The molecule has 0 aromatic carbocycles. The van der Waals surface area contributed by atoms with Crippen LogP contribution >= 0.6 is 0 Å². The number of fused-ring (bicyclic) bond motifs is 1. The number of nitrogens with zero attached hydrogens (tertiary/aromatic N) is 3. The lowest BCUT2D eigenvalue weighted by atomic mass is 9.93. The molecule has 2 aromatic rings. The number of amides is 1. The van der Waals surface area contributed by atoms with Crippen molar-refractivity contribution in [2.75, 3.05) is 13.1 Å². The van der Waals surface area contributed by atoms with Gasteiger partial charge in [-0.05, 0) is 37.3 Å². The highest BCUT2D eigenvalue weighted by molar-refractivity contribution is 6.00. The Morgan fingerprint density at radius 3 is 3.05 bits per heavy atom. The molecule has 2 aromatic heterocycles. The van der Waals surface area contributed by atoms with Crippen molar-refractivity contribution in [1.29, 1.82) is 0 Å². The van der Waals surface area contributed by atoms with Crippen LogP contribution in [0.4, 0.5) is 0 Å². The van der Waals surface area contributed by atoms with Gasteiger partial charge in [-0.2, -0.15) is 5.10 Å². The Labute approximate surface area is 128 Å². The molecule has 1 unspecified atom stereocenters. The summed E-state index contributed by atoms with van der Waals surface area (Å²) in [4.78, 5) is 25.2. The Balaban J connectivity index is 1.73. The Bertz CT molecular complexity index is 695. The number of hydrogen-bond donors (Lipinski definition) is 1. The molecular weight excluding hydrogens is 282 g/mol. The molecule has 0 aliphatic carbocycles. The molecule has 6 nitrogen and oxygen atoms in total. The quantitative estimate of drug-likeness (QED) is 0.938. The second-order valence-electron chi connectivity index (χ2n) is 5.78. The van der Waals surface area contributed by atoms with Gasteiger partial charge in [0.05, 0.1) is 17.3 Å². The van der Waals surface area contributed by atoms with Crippen molar-refractivity contribution in [1.82, 2.24) is 14.5 Å². The Hall–Kier alpha value is -2.37. The minimum Gasteiger partial charge on any atom is -0.481 e. The molecule has 1 aliphatic heterocycles. The number of likely N-dealkylation sites (tertiary alicyclic amines) is 1. The summed E-state index contributed by atoms with van der Waals surface area (Å²) in [6, 6.07) is 5.64. The van der Waals surface area contributed by atoms with Gasteiger partial charge in [0, 0.05) is 25.7 Å². The summed E-state index contributed by atoms with van der Waals surface area (Å²) in [5, 5.41) is 13.0. The second-order valence-corrected chi connectivity index (χ2v) is 5.78. The highest BCUT2D eigenvalue weighted by atomic mass is 16.4. The van der Waals surface area contributed by atoms with E-state index in [4.69, 9.17) is 5.11 Å². The molecule has 3 rings (SSSR count). The van der Waals surface area contributed by atoms with Crippen LogP contribution in [0.5, 0.6) is 0 Å². The molecule has 1 saturated heterocycles. The van der Waals surface area contributed by atoms with E-state index in [1.807, 2.05) is 29.3 Å². The zero-order valence-corrected chi connectivity index (χ0v) is 12.3. The summed E-state index contributed by atoms with van der Waals surface area (Å²) in [5.74, 6) is -0.511. The van der Waals surface area contributed by atoms with Gasteiger partial charge in [-0.3, -0.25) is 9.59 Å². The number of hydrogen-bond acceptors (Lipinski definition) is 3. The Kier molecular flexibility index (Phi) is 4.09. The Morgan fingerprint density at radius 1 is 1.36 bits per heavy atom. The van der Waals surface area contributed by atoms with Crippen LogP contribution in [0.3, 0.4) is 0 Å². The third-order valence-corrected chi connectivity index (χ3v) is 4.23. The molecule has 1 amide bonds. The van der Waals surface area contributed by atoms with Gasteiger partial charge in [0.15, 0.2) is 0 Å². The molecule has 0 spiro atoms. The van der Waals surface area contributed by atoms with Gasteiger partial charge in [-0.1, -0.05) is 6.07 Å². The van der Waals surface area contributed by atoms with Crippen molar-refractivity contribution >= 4 is 17.4 Å². The van der Waals surface area contributed by atoms with Crippen LogP contribution in [0.15, 0.2) is 30.6 Å². The van der Waals surface area contributed by atoms with E-state index < -0.39 is 5.97 Å². The summed E-state index contributed by atoms with van der Waals surface area (Å²) in [6.07, 6.45) is 6.15. The first-order chi connectivity index (χ1) is 10.6. The molecule has 6 heteroatoms. The summed E-state index contributed by atoms with van der Waals surface area (Å²) in [5.41, 5.74) is 1.42. The molecule has 1 fully saturated rings. The minimum absolute atomic E-state index is 0.0128. The van der Waals surface area contributed by atoms with Crippen molar-refractivity contribution in [2.24, 2.45) is 5.92 Å². The number of aliphatic carboxylic acids is 1. The number of carbonyl (C=O) groups is 2. The highest BCUT2D eigenvalue weighted by Gasteiger charge is 2.26. The molecule has 0 bridgehead atoms. The van der Waals surface area contributed by atoms with Crippen molar-refractivity contribution < 1.29 is 14.7 Å². The average molecular weight is 301 g/mol. The first-order valence-corrected chi connectivity index (χ1v) is 7.58. The summed E-state index contributed by atoms with van der Waals surface area (Å²) in [7, 11) is 0. The van der Waals surface area contributed by atoms with Crippen LogP contribution in [0, 0.1) is 5.92 Å². The summed E-state index contributed by atoms with van der Waals surface area (Å²) >= 11 is 0. The van der Waals surface area contributed by atoms with E-state index in [9.17, 15) is 9.59 Å². The number of piperidine rings is 1. The molecule has 1 aliphatic rings. The fourth-order valence-corrected chi connectivity index (χ4v) is 3.08. The summed E-state index contributed by atoms with van der Waals surface area (Å²) < 4.78 is 1.69. The van der Waals surface area contributed by atoms with Crippen LogP contribution in [-0.4, -0.2) is 44.6 Å². The Morgan fingerprint density at radius 2 is 2.23 bits per heavy atom. The zero-order valence-electron chi connectivity index (χ0n) is 12.3. The second kappa shape index (κ2) is 6.17. The fourth-order valence-electron chi connectivity index (χ4n) is 3.08. The minimum atomic E-state index is -0.772. The molecule has 3 heterocycles. The summed E-state index contributed by atoms with van der Waals surface area (Å²) in [6.45, 7) is 1.36. The van der Waals surface area contributed by atoms with E-state index in [1.165, 1.54) is 0 Å². The molecule has 116 valence electrons. The number of carboxylic acid groups (broad SMARTS) is 1. The smallest absolute Gasteiger partial charge is 0.303 e. The van der Waals surface area contributed by atoms with E-state index >= 15 is 0 Å². The van der Waals surface area contributed by atoms with Crippen LogP contribution in [0.1, 0.15) is 36.0 Å². The van der Waals surface area contributed by atoms with E-state index in [1.54, 1.807) is 10.7 Å². The first kappa shape index (κ1) is 14.6. The molecule has 0 radical (unpaired) electrons. The number of carboxylic acids is 1. The SMILES string of the molecule is O=C(O)CCC1CCCN(C(=O)c2cnn3ccccc23)C1. The fraction of sp³-hybridized carbons (Fsp3) is 0.438. The van der Waals surface area contributed by atoms with Crippen LogP contribution in [0.25, 0.3) is 5.52 Å². The van der Waals surface area contributed by atoms with E-state index in [-0.39, 0.29) is 18.2 Å². The topological polar surface area (TPSA) is 74.9 Å². The van der Waals surface area contributed by atoms with E-state index in [0.717, 1.165) is 24.9 Å². The number of aromatic nitrogens is 2. The van der Waals surface area contributed by atoms with Crippen LogP contribution < -0.4 is 0 Å². The first-order valence-electron chi connectivity index (χ1n) is 7.58. The monoisotopic (exact) mass is 301 g/mol. The maximum Gasteiger partial charge on any atom is 0.303 e. The third-order valence-electron chi connectivity index (χ3n) is 4.23. The average Bonchev–Trinajstić information content (AvgIpc) is 2.96. The predicted octanol–water partition coefficient (Wildman–Crippen LogP) is 2.05. The van der Waals surface area contributed by atoms with Gasteiger partial charge in [-0.15, -0.1) is 0 Å². The van der Waals surface area contributed by atoms with Gasteiger partial charge >= 0.3 is 5.97 Å². The van der Waals surface area contributed by atoms with Crippen LogP contribution in [0.2, 0.25) is 0 Å². The molecule has 1 N–H and O–H groups in total. The largest absolute Gasteiger partial charge is 0.481 e. The lowest BCUT2D eigenvalue weighted by molar-refractivity contribution is -0.137. The maximum atomic E-state index is 12.7. The van der Waals surface area contributed by atoms with Crippen molar-refractivity contribution in [3.8, 4) is 0 Å². The number of carbonyl (C=O) groups excluding carboxylic acids is 1. The molecule has 0 saturated carbocycles. The van der Waals surface area contributed by atoms with Crippen LogP contribution in [-0.2, 0) is 4.79 Å². The van der Waals surface area contributed by atoms with Gasteiger partial charge in [0.2, 0.25) is 0 Å². The number of rotatable bonds is 4. The van der Waals surface area contributed by atoms with Gasteiger partial charge < -0.3 is 10.0 Å². The lowest BCUT2D eigenvalue weighted by Crippen LogP contribution is -2.40. The predicted molar refractivity (Wildman–Crippen MR) is 80.7 cm³/mol. The molecule has 1 atom stereocenters. The maximum absolute atomic E-state index is 12.7. The van der Waals surface area contributed by atoms with Gasteiger partial charge in [0.1, 0.15) is 0 Å². The van der Waals surface area contributed by atoms with Gasteiger partial charge in [-0.25, -0.2) is 4.52 Å². The highest BCUT2D eigenvalue weighted by Crippen LogP contribution is 2.23. The van der Waals surface area contributed by atoms with E-state index in [0.29, 0.717) is 18.5 Å². The van der Waals surface area contributed by atoms with Crippen molar-refractivity contribution in [2.45, 2.75) is 25.7 Å². The molecular formula is C16H19N3O3. The normalized spacial score (nSPS) is 18.5. The lowest BCUT2D eigenvalue weighted by Gasteiger charge is -2.32. The number of pyridine rings is 1. The standard InChI is InChI=1S/C16H19N3O3/c20-15(21)7-6-12-4-3-8-18(11-12)16(22)13-10-17-19-9-2-1-5-14(13)19/h1-2,5,9-10,12H,3-4,6-8,11H2,(H,20,21). The zero-order chi connectivity index (χ0) is 15.5. The van der Waals surface area contributed by atoms with E-state index in [2.05, 4.69) is 5.10 Å². The van der Waals surface area contributed by atoms with Crippen molar-refractivity contribution in [3.63, 3.8) is 0 Å².